The first-order chi connectivity index (χ1) is 7.57. The van der Waals surface area contributed by atoms with Crippen LogP contribution in [0.15, 0.2) is 15.4 Å². The third kappa shape index (κ3) is 2.56. The van der Waals surface area contributed by atoms with E-state index < -0.39 is 5.79 Å². The van der Waals surface area contributed by atoms with Gasteiger partial charge in [-0.1, -0.05) is 0 Å². The number of nitrogens with two attached hydrogens (primary N) is 2. The largest absolute Gasteiger partial charge is 0.370 e. The van der Waals surface area contributed by atoms with Crippen molar-refractivity contribution >= 4 is 23.6 Å². The highest BCUT2D eigenvalue weighted by atomic mass is 32.1. The van der Waals surface area contributed by atoms with Crippen LogP contribution in [-0.2, 0) is 6.42 Å². The summed E-state index contributed by atoms with van der Waals surface area (Å²) in [6.45, 7) is 1.98. The average Bonchev–Trinajstić information content (AvgIpc) is 2.61. The van der Waals surface area contributed by atoms with E-state index in [2.05, 4.69) is 20.3 Å². The van der Waals surface area contributed by atoms with E-state index >= 15 is 0 Å². The van der Waals surface area contributed by atoms with Crippen molar-refractivity contribution in [3.8, 4) is 0 Å². The number of nitrogens with zero attached hydrogens (tertiary/aromatic N) is 3. The molecule has 0 bridgehead atoms. The van der Waals surface area contributed by atoms with Gasteiger partial charge >= 0.3 is 0 Å². The molecule has 0 aliphatic carbocycles. The highest BCUT2D eigenvalue weighted by Gasteiger charge is 2.25. The van der Waals surface area contributed by atoms with Crippen molar-refractivity contribution in [3.05, 3.63) is 16.1 Å². The normalized spacial score (nSPS) is 24.0. The molecule has 16 heavy (non-hydrogen) atoms. The second-order valence-corrected chi connectivity index (χ2v) is 4.70. The number of aliphatic imine (C=N–C) groups is 2. The Morgan fingerprint density at radius 3 is 3.00 bits per heavy atom. The molecule has 2 rings (SSSR count). The topological polar surface area (TPSA) is 102 Å². The van der Waals surface area contributed by atoms with Crippen LogP contribution in [0.4, 0.5) is 0 Å². The fraction of sp³-hybridized carbons (Fsp3) is 0.444. The first-order valence-corrected chi connectivity index (χ1v) is 5.81. The SMILES string of the molecule is Cc1nc(CCC2(N)N=CNC(N)=N2)cs1. The zero-order valence-corrected chi connectivity index (χ0v) is 9.79. The summed E-state index contributed by atoms with van der Waals surface area (Å²) in [6, 6.07) is 0. The molecular formula is C9H14N6S. The predicted octanol–water partition coefficient (Wildman–Crippen LogP) is -0.0572. The lowest BCUT2D eigenvalue weighted by molar-refractivity contribution is 0.426. The number of rotatable bonds is 3. The number of guanidine groups is 1. The number of nitrogens with one attached hydrogen (secondary N) is 1. The Balaban J connectivity index is 1.99. The summed E-state index contributed by atoms with van der Waals surface area (Å²) in [5.41, 5.74) is 12.5. The minimum atomic E-state index is -0.952. The molecule has 6 nitrogen and oxygen atoms in total. The van der Waals surface area contributed by atoms with Gasteiger partial charge in [-0.15, -0.1) is 11.3 Å². The molecule has 0 radical (unpaired) electrons. The molecule has 1 unspecified atom stereocenters. The van der Waals surface area contributed by atoms with Crippen LogP contribution in [0.5, 0.6) is 0 Å². The average molecular weight is 238 g/mol. The molecule has 7 heteroatoms. The van der Waals surface area contributed by atoms with E-state index in [4.69, 9.17) is 11.5 Å². The van der Waals surface area contributed by atoms with E-state index in [1.807, 2.05) is 12.3 Å². The summed E-state index contributed by atoms with van der Waals surface area (Å²) in [5.74, 6) is -0.653. The van der Waals surface area contributed by atoms with E-state index in [1.54, 1.807) is 11.3 Å². The molecule has 0 spiro atoms. The van der Waals surface area contributed by atoms with Gasteiger partial charge < -0.3 is 11.1 Å². The van der Waals surface area contributed by atoms with Crippen molar-refractivity contribution in [2.45, 2.75) is 25.6 Å². The summed E-state index contributed by atoms with van der Waals surface area (Å²) in [6.07, 6.45) is 2.82. The van der Waals surface area contributed by atoms with E-state index in [-0.39, 0.29) is 0 Å². The summed E-state index contributed by atoms with van der Waals surface area (Å²) < 4.78 is 0. The van der Waals surface area contributed by atoms with E-state index in [1.165, 1.54) is 6.34 Å². The summed E-state index contributed by atoms with van der Waals surface area (Å²) >= 11 is 1.63. The van der Waals surface area contributed by atoms with Crippen LogP contribution in [-0.4, -0.2) is 23.1 Å². The van der Waals surface area contributed by atoms with Crippen LogP contribution in [0.3, 0.4) is 0 Å². The molecule has 0 saturated heterocycles. The van der Waals surface area contributed by atoms with E-state index in [0.717, 1.165) is 17.1 Å². The lowest BCUT2D eigenvalue weighted by Gasteiger charge is -2.23. The highest BCUT2D eigenvalue weighted by molar-refractivity contribution is 7.09. The first kappa shape index (κ1) is 11.0. The van der Waals surface area contributed by atoms with E-state index in [9.17, 15) is 0 Å². The molecule has 0 saturated carbocycles. The summed E-state index contributed by atoms with van der Waals surface area (Å²) in [4.78, 5) is 12.5. The second-order valence-electron chi connectivity index (χ2n) is 3.64. The lowest BCUT2D eigenvalue weighted by atomic mass is 10.1. The number of aryl methyl sites for hydroxylation is 2. The third-order valence-electron chi connectivity index (χ3n) is 2.23. The quantitative estimate of drug-likeness (QED) is 0.686. The van der Waals surface area contributed by atoms with Gasteiger partial charge in [-0.05, 0) is 13.3 Å². The van der Waals surface area contributed by atoms with Gasteiger partial charge in [0.05, 0.1) is 17.0 Å². The maximum Gasteiger partial charge on any atom is 0.207 e. The molecule has 1 aliphatic rings. The van der Waals surface area contributed by atoms with Gasteiger partial charge in [-0.3, -0.25) is 5.73 Å². The van der Waals surface area contributed by atoms with Gasteiger partial charge in [-0.2, -0.15) is 0 Å². The molecule has 0 aromatic carbocycles. The predicted molar refractivity (Wildman–Crippen MR) is 65.3 cm³/mol. The molecule has 0 fully saturated rings. The molecular weight excluding hydrogens is 224 g/mol. The monoisotopic (exact) mass is 238 g/mol. The van der Waals surface area contributed by atoms with E-state index in [0.29, 0.717) is 12.4 Å². The van der Waals surface area contributed by atoms with Gasteiger partial charge in [0.2, 0.25) is 5.79 Å². The fourth-order valence-corrected chi connectivity index (χ4v) is 2.08. The number of hydrogen-bond acceptors (Lipinski definition) is 7. The van der Waals surface area contributed by atoms with Gasteiger partial charge in [-0.25, -0.2) is 15.0 Å². The number of aromatic nitrogens is 1. The fourth-order valence-electron chi connectivity index (χ4n) is 1.44. The van der Waals surface area contributed by atoms with Crippen molar-refractivity contribution in [2.75, 3.05) is 0 Å². The molecule has 86 valence electrons. The first-order valence-electron chi connectivity index (χ1n) is 4.93. The minimum absolute atomic E-state index is 0.298. The molecule has 1 atom stereocenters. The summed E-state index contributed by atoms with van der Waals surface area (Å²) in [7, 11) is 0. The maximum absolute atomic E-state index is 5.97. The van der Waals surface area contributed by atoms with Crippen molar-refractivity contribution in [3.63, 3.8) is 0 Å². The molecule has 1 aliphatic heterocycles. The zero-order valence-electron chi connectivity index (χ0n) is 8.97. The van der Waals surface area contributed by atoms with Crippen molar-refractivity contribution < 1.29 is 0 Å². The lowest BCUT2D eigenvalue weighted by Crippen LogP contribution is -2.46. The van der Waals surface area contributed by atoms with Crippen molar-refractivity contribution in [2.24, 2.45) is 21.5 Å². The number of thiazole rings is 1. The van der Waals surface area contributed by atoms with Gasteiger partial charge in [0.25, 0.3) is 0 Å². The summed E-state index contributed by atoms with van der Waals surface area (Å²) in [5, 5.41) is 5.76. The highest BCUT2D eigenvalue weighted by Crippen LogP contribution is 2.17. The maximum atomic E-state index is 5.97. The van der Waals surface area contributed by atoms with Crippen LogP contribution < -0.4 is 16.8 Å². The third-order valence-corrected chi connectivity index (χ3v) is 3.05. The number of hydrogen-bond donors (Lipinski definition) is 3. The Morgan fingerprint density at radius 1 is 1.56 bits per heavy atom. The van der Waals surface area contributed by atoms with Crippen LogP contribution in [0.25, 0.3) is 0 Å². The molecule has 1 aromatic rings. The Labute approximate surface area is 97.5 Å². The minimum Gasteiger partial charge on any atom is -0.370 e. The van der Waals surface area contributed by atoms with Gasteiger partial charge in [0.15, 0.2) is 5.96 Å². The Kier molecular flexibility index (Phi) is 2.88. The van der Waals surface area contributed by atoms with Crippen LogP contribution in [0, 0.1) is 6.92 Å². The zero-order chi connectivity index (χ0) is 11.6. The second kappa shape index (κ2) is 4.18. The molecule has 1 aromatic heterocycles. The molecule has 2 heterocycles. The Hall–Kier alpha value is -1.47. The Bertz CT molecular complexity index is 437. The van der Waals surface area contributed by atoms with Crippen LogP contribution in [0.1, 0.15) is 17.1 Å². The van der Waals surface area contributed by atoms with Crippen molar-refractivity contribution in [1.29, 1.82) is 0 Å². The smallest absolute Gasteiger partial charge is 0.207 e. The Morgan fingerprint density at radius 2 is 2.38 bits per heavy atom. The van der Waals surface area contributed by atoms with Crippen LogP contribution >= 0.6 is 11.3 Å². The molecule has 5 N–H and O–H groups in total. The standard InChI is InChI=1S/C9H14N6S/c1-6-14-7(4-16-6)2-3-9(11)13-5-12-8(10)15-9/h4-5H,2-3,11H2,1H3,(H3,10,12,13,15). The van der Waals surface area contributed by atoms with Crippen molar-refractivity contribution in [1.82, 2.24) is 10.3 Å². The van der Waals surface area contributed by atoms with Gasteiger partial charge in [0.1, 0.15) is 0 Å². The molecule has 0 amide bonds. The van der Waals surface area contributed by atoms with Crippen LogP contribution in [0.2, 0.25) is 0 Å². The van der Waals surface area contributed by atoms with Gasteiger partial charge in [0, 0.05) is 11.8 Å².